The number of para-hydroxylation sites is 2. The molecule has 98 valence electrons. The van der Waals surface area contributed by atoms with Crippen LogP contribution in [-0.2, 0) is 9.59 Å². The van der Waals surface area contributed by atoms with Crippen molar-refractivity contribution in [2.75, 3.05) is 17.2 Å². The number of carbonyl (C=O) groups is 2. The Hall–Kier alpha value is -2.04. The zero-order valence-electron chi connectivity index (χ0n) is 10.4. The molecule has 18 heavy (non-hydrogen) atoms. The third-order valence-corrected chi connectivity index (χ3v) is 2.33. The van der Waals surface area contributed by atoms with Crippen molar-refractivity contribution in [2.24, 2.45) is 0 Å². The van der Waals surface area contributed by atoms with E-state index in [2.05, 4.69) is 17.6 Å². The van der Waals surface area contributed by atoms with E-state index in [-0.39, 0.29) is 18.7 Å². The Balaban J connectivity index is 2.59. The van der Waals surface area contributed by atoms with Crippen LogP contribution in [0.2, 0.25) is 0 Å². The number of nitrogens with one attached hydrogen (secondary N) is 2. The Morgan fingerprint density at radius 1 is 1.17 bits per heavy atom. The monoisotopic (exact) mass is 250 g/mol. The largest absolute Gasteiger partial charge is 0.481 e. The highest BCUT2D eigenvalue weighted by Gasteiger charge is 2.08. The average molecular weight is 250 g/mol. The number of aliphatic carboxylic acids is 1. The summed E-state index contributed by atoms with van der Waals surface area (Å²) in [7, 11) is 0. The summed E-state index contributed by atoms with van der Waals surface area (Å²) in [4.78, 5) is 21.9. The third-order valence-electron chi connectivity index (χ3n) is 2.33. The predicted molar refractivity (Wildman–Crippen MR) is 70.7 cm³/mol. The third kappa shape index (κ3) is 4.86. The van der Waals surface area contributed by atoms with Gasteiger partial charge in [0.15, 0.2) is 0 Å². The van der Waals surface area contributed by atoms with E-state index in [4.69, 9.17) is 5.11 Å². The van der Waals surface area contributed by atoms with Crippen molar-refractivity contribution in [3.63, 3.8) is 0 Å². The Morgan fingerprint density at radius 2 is 1.83 bits per heavy atom. The summed E-state index contributed by atoms with van der Waals surface area (Å²) < 4.78 is 0. The summed E-state index contributed by atoms with van der Waals surface area (Å²) in [5, 5.41) is 14.4. The fourth-order valence-corrected chi connectivity index (χ4v) is 1.44. The van der Waals surface area contributed by atoms with E-state index in [9.17, 15) is 9.59 Å². The quantitative estimate of drug-likeness (QED) is 0.694. The average Bonchev–Trinajstić information content (AvgIpc) is 2.35. The predicted octanol–water partition coefficient (Wildman–Crippen LogP) is 2.31. The van der Waals surface area contributed by atoms with Crippen LogP contribution in [-0.4, -0.2) is 23.5 Å². The Labute approximate surface area is 106 Å². The van der Waals surface area contributed by atoms with Crippen molar-refractivity contribution in [1.29, 1.82) is 0 Å². The molecule has 0 aliphatic rings. The van der Waals surface area contributed by atoms with Gasteiger partial charge in [0.05, 0.1) is 17.8 Å². The van der Waals surface area contributed by atoms with E-state index in [1.54, 1.807) is 6.07 Å². The highest BCUT2D eigenvalue weighted by Crippen LogP contribution is 2.21. The van der Waals surface area contributed by atoms with Gasteiger partial charge in [0.2, 0.25) is 5.91 Å². The van der Waals surface area contributed by atoms with Gasteiger partial charge in [-0.25, -0.2) is 0 Å². The maximum Gasteiger partial charge on any atom is 0.303 e. The van der Waals surface area contributed by atoms with Crippen molar-refractivity contribution in [2.45, 2.75) is 26.2 Å². The van der Waals surface area contributed by atoms with Crippen LogP contribution < -0.4 is 10.6 Å². The van der Waals surface area contributed by atoms with E-state index in [1.807, 2.05) is 18.2 Å². The number of hydrogen-bond donors (Lipinski definition) is 3. The number of carboxylic acid groups (broad SMARTS) is 1. The summed E-state index contributed by atoms with van der Waals surface area (Å²) >= 11 is 0. The zero-order valence-corrected chi connectivity index (χ0v) is 10.4. The smallest absolute Gasteiger partial charge is 0.303 e. The lowest BCUT2D eigenvalue weighted by Crippen LogP contribution is -2.14. The van der Waals surface area contributed by atoms with Gasteiger partial charge in [0.1, 0.15) is 0 Å². The lowest BCUT2D eigenvalue weighted by Gasteiger charge is -2.12. The van der Waals surface area contributed by atoms with E-state index in [0.29, 0.717) is 5.69 Å². The van der Waals surface area contributed by atoms with Gasteiger partial charge in [-0.15, -0.1) is 0 Å². The van der Waals surface area contributed by atoms with E-state index < -0.39 is 5.97 Å². The second kappa shape index (κ2) is 7.32. The molecular formula is C13H18N2O3. The van der Waals surface area contributed by atoms with Crippen LogP contribution in [0.15, 0.2) is 24.3 Å². The molecule has 0 saturated heterocycles. The number of rotatable bonds is 7. The summed E-state index contributed by atoms with van der Waals surface area (Å²) in [6.45, 7) is 2.88. The normalized spacial score (nSPS) is 9.83. The maximum atomic E-state index is 11.5. The number of carbonyl (C=O) groups excluding carboxylic acids is 1. The van der Waals surface area contributed by atoms with E-state index >= 15 is 0 Å². The van der Waals surface area contributed by atoms with Gasteiger partial charge in [-0.1, -0.05) is 19.1 Å². The van der Waals surface area contributed by atoms with Crippen LogP contribution in [0.1, 0.15) is 26.2 Å². The number of hydrogen-bond acceptors (Lipinski definition) is 3. The van der Waals surface area contributed by atoms with Crippen molar-refractivity contribution in [1.82, 2.24) is 0 Å². The molecule has 0 aliphatic carbocycles. The molecule has 1 aromatic carbocycles. The van der Waals surface area contributed by atoms with Crippen LogP contribution in [0, 0.1) is 0 Å². The number of anilines is 2. The minimum atomic E-state index is -0.970. The van der Waals surface area contributed by atoms with Crippen LogP contribution in [0.4, 0.5) is 11.4 Å². The molecule has 0 atom stereocenters. The molecule has 0 aromatic heterocycles. The van der Waals surface area contributed by atoms with Crippen molar-refractivity contribution >= 4 is 23.3 Å². The first-order valence-corrected chi connectivity index (χ1v) is 5.98. The molecule has 0 saturated carbocycles. The maximum absolute atomic E-state index is 11.5. The van der Waals surface area contributed by atoms with Crippen molar-refractivity contribution in [3.8, 4) is 0 Å². The van der Waals surface area contributed by atoms with Crippen LogP contribution in [0.25, 0.3) is 0 Å². The minimum absolute atomic E-state index is 0.0164. The second-order valence-electron chi connectivity index (χ2n) is 3.91. The summed E-state index contributed by atoms with van der Waals surface area (Å²) in [5.41, 5.74) is 1.53. The zero-order chi connectivity index (χ0) is 13.4. The summed E-state index contributed by atoms with van der Waals surface area (Å²) in [5.74, 6) is -1.26. The topological polar surface area (TPSA) is 78.4 Å². The highest BCUT2D eigenvalue weighted by atomic mass is 16.4. The molecule has 1 amide bonds. The van der Waals surface area contributed by atoms with E-state index in [0.717, 1.165) is 18.7 Å². The standard InChI is InChI=1S/C13H18N2O3/c1-2-9-14-10-5-3-4-6-11(10)15-12(16)7-8-13(17)18/h3-6,14H,2,7-9H2,1H3,(H,15,16)(H,17,18). The molecule has 0 bridgehead atoms. The Morgan fingerprint density at radius 3 is 2.44 bits per heavy atom. The Bertz CT molecular complexity index is 418. The van der Waals surface area contributed by atoms with Crippen LogP contribution in [0.5, 0.6) is 0 Å². The molecule has 5 heteroatoms. The van der Waals surface area contributed by atoms with Gasteiger partial charge >= 0.3 is 5.97 Å². The number of amides is 1. The van der Waals surface area contributed by atoms with E-state index in [1.165, 1.54) is 0 Å². The molecule has 1 aromatic rings. The lowest BCUT2D eigenvalue weighted by atomic mass is 10.2. The number of benzene rings is 1. The van der Waals surface area contributed by atoms with Gasteiger partial charge in [-0.05, 0) is 18.6 Å². The van der Waals surface area contributed by atoms with Gasteiger partial charge in [0.25, 0.3) is 0 Å². The summed E-state index contributed by atoms with van der Waals surface area (Å²) in [6, 6.07) is 7.37. The molecule has 3 N–H and O–H groups in total. The van der Waals surface area contributed by atoms with Crippen LogP contribution in [0.3, 0.4) is 0 Å². The first-order valence-electron chi connectivity index (χ1n) is 5.98. The lowest BCUT2D eigenvalue weighted by molar-refractivity contribution is -0.138. The molecule has 0 aliphatic heterocycles. The minimum Gasteiger partial charge on any atom is -0.481 e. The Kier molecular flexibility index (Phi) is 5.70. The van der Waals surface area contributed by atoms with Crippen molar-refractivity contribution < 1.29 is 14.7 Å². The number of carboxylic acids is 1. The highest BCUT2D eigenvalue weighted by molar-refractivity contribution is 5.95. The van der Waals surface area contributed by atoms with Crippen molar-refractivity contribution in [3.05, 3.63) is 24.3 Å². The fourth-order valence-electron chi connectivity index (χ4n) is 1.44. The molecule has 0 fully saturated rings. The molecule has 0 heterocycles. The van der Waals surface area contributed by atoms with Gasteiger partial charge < -0.3 is 15.7 Å². The molecule has 0 spiro atoms. The molecule has 1 rings (SSSR count). The van der Waals surface area contributed by atoms with Gasteiger partial charge in [-0.3, -0.25) is 9.59 Å². The molecular weight excluding hydrogens is 232 g/mol. The fraction of sp³-hybridized carbons (Fsp3) is 0.385. The summed E-state index contributed by atoms with van der Waals surface area (Å²) in [6.07, 6.45) is 0.815. The molecule has 0 unspecified atom stereocenters. The first kappa shape index (κ1) is 14.0. The first-order chi connectivity index (χ1) is 8.63. The van der Waals surface area contributed by atoms with Gasteiger partial charge in [-0.2, -0.15) is 0 Å². The molecule has 5 nitrogen and oxygen atoms in total. The second-order valence-corrected chi connectivity index (χ2v) is 3.91. The SMILES string of the molecule is CCCNc1ccccc1NC(=O)CCC(=O)O. The van der Waals surface area contributed by atoms with Crippen LogP contribution >= 0.6 is 0 Å². The molecule has 0 radical (unpaired) electrons. The van der Waals surface area contributed by atoms with Gasteiger partial charge in [0, 0.05) is 13.0 Å².